The van der Waals surface area contributed by atoms with Crippen molar-refractivity contribution in [1.29, 1.82) is 0 Å². The van der Waals surface area contributed by atoms with Crippen LogP contribution >= 0.6 is 11.6 Å². The molecule has 0 bridgehead atoms. The molecule has 46 heavy (non-hydrogen) atoms. The van der Waals surface area contributed by atoms with Gasteiger partial charge in [0.1, 0.15) is 29.9 Å². The molecule has 0 radical (unpaired) electrons. The molecule has 254 valence electrons. The number of carbonyl (C=O) groups excluding carboxylic acids is 1. The van der Waals surface area contributed by atoms with E-state index >= 15 is 0 Å². The van der Waals surface area contributed by atoms with Crippen LogP contribution in [0, 0.1) is 23.1 Å². The lowest BCUT2D eigenvalue weighted by atomic mass is 9.57. The zero-order valence-corrected chi connectivity index (χ0v) is 26.8. The Bertz CT molecular complexity index is 1290. The van der Waals surface area contributed by atoms with Crippen LogP contribution < -0.4 is 9.64 Å². The third kappa shape index (κ3) is 8.64. The zero-order chi connectivity index (χ0) is 32.8. The first-order chi connectivity index (χ1) is 22.1. The van der Waals surface area contributed by atoms with E-state index in [0.717, 1.165) is 38.3 Å². The Labute approximate surface area is 274 Å². The smallest absolute Gasteiger partial charge is 0.227 e. The van der Waals surface area contributed by atoms with Crippen molar-refractivity contribution < 1.29 is 39.5 Å². The largest absolute Gasteiger partial charge is 0.493 e. The number of anilines is 1. The van der Waals surface area contributed by atoms with Crippen molar-refractivity contribution in [3.8, 4) is 5.75 Å². The number of amides is 1. The monoisotopic (exact) mass is 664 g/mol. The molecule has 1 aliphatic carbocycles. The Hall–Kier alpha value is -2.61. The second kappa shape index (κ2) is 15.5. The molecule has 3 heterocycles. The van der Waals surface area contributed by atoms with E-state index in [-0.39, 0.29) is 24.7 Å². The maximum atomic E-state index is 14.8. The van der Waals surface area contributed by atoms with Crippen LogP contribution in [0.5, 0.6) is 5.75 Å². The van der Waals surface area contributed by atoms with E-state index in [0.29, 0.717) is 60.2 Å². The molecular formula is C33H46ClFN4O7. The summed E-state index contributed by atoms with van der Waals surface area (Å²) in [5, 5.41) is 48.5. The van der Waals surface area contributed by atoms with Gasteiger partial charge >= 0.3 is 0 Å². The Morgan fingerprint density at radius 3 is 2.35 bits per heavy atom. The fourth-order valence-electron chi connectivity index (χ4n) is 7.11. The zero-order valence-electron chi connectivity index (χ0n) is 26.1. The molecule has 2 aliphatic heterocycles. The van der Waals surface area contributed by atoms with Gasteiger partial charge in [-0.15, -0.1) is 0 Å². The highest BCUT2D eigenvalue weighted by Crippen LogP contribution is 2.53. The van der Waals surface area contributed by atoms with Crippen molar-refractivity contribution in [3.05, 3.63) is 47.0 Å². The summed E-state index contributed by atoms with van der Waals surface area (Å²) in [7, 11) is 0. The molecule has 1 aromatic heterocycles. The molecule has 3 fully saturated rings. The van der Waals surface area contributed by atoms with Gasteiger partial charge in [0.15, 0.2) is 0 Å². The average molecular weight is 665 g/mol. The molecule has 1 spiro atoms. The van der Waals surface area contributed by atoms with Gasteiger partial charge in [-0.2, -0.15) is 0 Å². The first-order valence-corrected chi connectivity index (χ1v) is 16.7. The highest BCUT2D eigenvalue weighted by Gasteiger charge is 2.45. The predicted octanol–water partition coefficient (Wildman–Crippen LogP) is 2.34. The van der Waals surface area contributed by atoms with Gasteiger partial charge in [0.2, 0.25) is 11.9 Å². The first kappa shape index (κ1) is 34.7. The second-order valence-electron chi connectivity index (χ2n) is 13.4. The lowest BCUT2D eigenvalue weighted by Gasteiger charge is -2.52. The third-order valence-corrected chi connectivity index (χ3v) is 10.3. The van der Waals surface area contributed by atoms with Crippen LogP contribution in [-0.4, -0.2) is 110 Å². The molecule has 1 amide bonds. The van der Waals surface area contributed by atoms with Gasteiger partial charge in [0, 0.05) is 32.2 Å². The van der Waals surface area contributed by atoms with Gasteiger partial charge in [-0.05, 0) is 73.8 Å². The number of benzene rings is 1. The maximum Gasteiger partial charge on any atom is 0.227 e. The van der Waals surface area contributed by atoms with Gasteiger partial charge in [-0.3, -0.25) is 4.79 Å². The number of carbonyl (C=O) groups is 1. The molecule has 5 N–H and O–H groups in total. The number of rotatable bonds is 15. The highest BCUT2D eigenvalue weighted by molar-refractivity contribution is 6.30. The second-order valence-corrected chi connectivity index (χ2v) is 13.9. The van der Waals surface area contributed by atoms with Crippen molar-refractivity contribution in [2.75, 3.05) is 44.3 Å². The molecule has 1 aromatic carbocycles. The fourth-order valence-corrected chi connectivity index (χ4v) is 7.21. The Morgan fingerprint density at radius 2 is 1.70 bits per heavy atom. The summed E-state index contributed by atoms with van der Waals surface area (Å²) in [4.78, 5) is 25.3. The lowest BCUT2D eigenvalue weighted by molar-refractivity contribution is -0.137. The van der Waals surface area contributed by atoms with Crippen LogP contribution in [0.15, 0.2) is 30.6 Å². The highest BCUT2D eigenvalue weighted by atomic mass is 35.5. The van der Waals surface area contributed by atoms with Crippen LogP contribution in [0.4, 0.5) is 10.3 Å². The molecular weight excluding hydrogens is 619 g/mol. The topological polar surface area (TPSA) is 160 Å². The summed E-state index contributed by atoms with van der Waals surface area (Å²) >= 11 is 5.91. The van der Waals surface area contributed by atoms with E-state index in [1.54, 1.807) is 29.4 Å². The minimum absolute atomic E-state index is 0.0272. The van der Waals surface area contributed by atoms with Crippen molar-refractivity contribution in [2.24, 2.45) is 17.3 Å². The molecule has 0 unspecified atom stereocenters. The molecule has 1 saturated carbocycles. The van der Waals surface area contributed by atoms with Crippen LogP contribution in [0.3, 0.4) is 0 Å². The number of piperidine rings is 1. The van der Waals surface area contributed by atoms with Gasteiger partial charge in [0.05, 0.1) is 43.2 Å². The SMILES string of the molecule is O=C(Cc1ccc(OCCC2CC3(CCN(c4ncc(Cl)cn4)CC3)C2)cc1F)N1CC(CCC[C@H](O)[C@@H](O)[C@H](O)[C@H](O)CO)C1. The van der Waals surface area contributed by atoms with Gasteiger partial charge in [-0.25, -0.2) is 14.4 Å². The molecule has 4 atom stereocenters. The molecule has 2 aromatic rings. The van der Waals surface area contributed by atoms with Crippen molar-refractivity contribution in [1.82, 2.24) is 14.9 Å². The number of ether oxygens (including phenoxy) is 1. The van der Waals surface area contributed by atoms with Crippen LogP contribution in [0.1, 0.15) is 56.9 Å². The predicted molar refractivity (Wildman–Crippen MR) is 169 cm³/mol. The van der Waals surface area contributed by atoms with E-state index in [4.69, 9.17) is 21.4 Å². The number of likely N-dealkylation sites (tertiary alicyclic amines) is 1. The van der Waals surface area contributed by atoms with Crippen LogP contribution in [0.2, 0.25) is 5.02 Å². The minimum Gasteiger partial charge on any atom is -0.493 e. The quantitative estimate of drug-likeness (QED) is 0.191. The Balaban J connectivity index is 0.943. The van der Waals surface area contributed by atoms with E-state index in [2.05, 4.69) is 14.9 Å². The summed E-state index contributed by atoms with van der Waals surface area (Å²) in [5.41, 5.74) is 0.727. The molecule has 13 heteroatoms. The molecule has 5 rings (SSSR count). The van der Waals surface area contributed by atoms with E-state index in [1.165, 1.54) is 18.9 Å². The number of aromatic nitrogens is 2. The first-order valence-electron chi connectivity index (χ1n) is 16.3. The molecule has 11 nitrogen and oxygen atoms in total. The standard InChI is InChI=1S/C33H46ClFN4O7/c34-24-16-36-32(37-17-24)38-9-7-33(8-10-38)14-21(15-33)6-11-46-25-5-4-23(26(35)13-25)12-29(43)39-18-22(19-39)2-1-3-27(41)30(44)31(45)28(42)20-40/h4-5,13,16-17,21-22,27-28,30-31,40-42,44-45H,1-3,6-12,14-15,18-20H2/t27-,28+,30+,31+/m0/s1. The van der Waals surface area contributed by atoms with Crippen molar-refractivity contribution in [2.45, 2.75) is 82.2 Å². The van der Waals surface area contributed by atoms with Crippen molar-refractivity contribution in [3.63, 3.8) is 0 Å². The van der Waals surface area contributed by atoms with Crippen LogP contribution in [-0.2, 0) is 11.2 Å². The number of aliphatic hydroxyl groups is 5. The van der Waals surface area contributed by atoms with E-state index < -0.39 is 36.8 Å². The van der Waals surface area contributed by atoms with Crippen molar-refractivity contribution >= 4 is 23.5 Å². The number of hydrogen-bond acceptors (Lipinski definition) is 10. The molecule has 3 aliphatic rings. The lowest BCUT2D eigenvalue weighted by Crippen LogP contribution is -2.50. The average Bonchev–Trinajstić information content (AvgIpc) is 3.01. The number of hydrogen-bond donors (Lipinski definition) is 5. The third-order valence-electron chi connectivity index (χ3n) is 10.1. The number of halogens is 2. The fraction of sp³-hybridized carbons (Fsp3) is 0.667. The Morgan fingerprint density at radius 1 is 1.02 bits per heavy atom. The normalized spacial score (nSPS) is 20.9. The van der Waals surface area contributed by atoms with E-state index in [1.807, 2.05) is 0 Å². The summed E-state index contributed by atoms with van der Waals surface area (Å²) in [6.07, 6.45) is 4.32. The summed E-state index contributed by atoms with van der Waals surface area (Å²) < 4.78 is 20.7. The maximum absolute atomic E-state index is 14.8. The van der Waals surface area contributed by atoms with E-state index in [9.17, 15) is 29.6 Å². The molecule has 2 saturated heterocycles. The van der Waals surface area contributed by atoms with Gasteiger partial charge in [-0.1, -0.05) is 24.1 Å². The number of aliphatic hydroxyl groups excluding tert-OH is 5. The minimum atomic E-state index is -1.63. The number of nitrogens with zero attached hydrogens (tertiary/aromatic N) is 4. The van der Waals surface area contributed by atoms with Gasteiger partial charge in [0.25, 0.3) is 0 Å². The Kier molecular flexibility index (Phi) is 11.7. The summed E-state index contributed by atoms with van der Waals surface area (Å²) in [6, 6.07) is 4.69. The van der Waals surface area contributed by atoms with Crippen LogP contribution in [0.25, 0.3) is 0 Å². The summed E-state index contributed by atoms with van der Waals surface area (Å²) in [5.74, 6) is 1.45. The summed E-state index contributed by atoms with van der Waals surface area (Å²) in [6.45, 7) is 2.79. The van der Waals surface area contributed by atoms with Gasteiger partial charge < -0.3 is 40.1 Å².